The van der Waals surface area contributed by atoms with Gasteiger partial charge in [0.25, 0.3) is 0 Å². The van der Waals surface area contributed by atoms with Crippen LogP contribution in [0.4, 0.5) is 0 Å². The fourth-order valence-corrected chi connectivity index (χ4v) is 2.53. The highest BCUT2D eigenvalue weighted by molar-refractivity contribution is 7.92. The van der Waals surface area contributed by atoms with Crippen molar-refractivity contribution >= 4 is 27.3 Å². The summed E-state index contributed by atoms with van der Waals surface area (Å²) in [6.45, 7) is 4.84. The molecule has 0 bridgehead atoms. The molecule has 0 saturated carbocycles. The number of oxime groups is 1. The molecule has 1 aromatic carbocycles. The summed E-state index contributed by atoms with van der Waals surface area (Å²) in [6.07, 6.45) is 0. The van der Waals surface area contributed by atoms with Crippen molar-refractivity contribution in [1.82, 2.24) is 0 Å². The monoisotopic (exact) mass is 334 g/mol. The standard InChI is InChI=1S/C13H19ClN2O4S/c1-13(2,3)21(18,19)7-6-20-11-8-9(14)4-5-10(11)12(15)16-17/h4-5,8,17H,6-7H2,1-3H3,(H2,15,16). The summed E-state index contributed by atoms with van der Waals surface area (Å²) in [5.41, 5.74) is 5.87. The summed E-state index contributed by atoms with van der Waals surface area (Å²) in [4.78, 5) is 0. The first-order valence-electron chi connectivity index (χ1n) is 6.21. The first-order valence-corrected chi connectivity index (χ1v) is 8.24. The molecule has 0 radical (unpaired) electrons. The molecule has 0 aliphatic carbocycles. The molecule has 1 rings (SSSR count). The molecule has 0 heterocycles. The Balaban J connectivity index is 2.88. The fourth-order valence-electron chi connectivity index (χ4n) is 1.45. The van der Waals surface area contributed by atoms with Gasteiger partial charge in [-0.25, -0.2) is 8.42 Å². The molecule has 0 aromatic heterocycles. The number of halogens is 1. The topological polar surface area (TPSA) is 102 Å². The Kier molecular flexibility index (Phi) is 5.47. The fraction of sp³-hybridized carbons (Fsp3) is 0.462. The van der Waals surface area contributed by atoms with Gasteiger partial charge < -0.3 is 15.7 Å². The SMILES string of the molecule is CC(C)(C)S(=O)(=O)CCOc1cc(Cl)ccc1/C(N)=N/O. The van der Waals surface area contributed by atoms with E-state index in [0.29, 0.717) is 10.6 Å². The average Bonchev–Trinajstić information content (AvgIpc) is 2.36. The van der Waals surface area contributed by atoms with Crippen LogP contribution in [0.5, 0.6) is 5.75 Å². The highest BCUT2D eigenvalue weighted by Crippen LogP contribution is 2.24. The molecule has 0 unspecified atom stereocenters. The van der Waals surface area contributed by atoms with Gasteiger partial charge in [-0.2, -0.15) is 0 Å². The molecular formula is C13H19ClN2O4S. The highest BCUT2D eigenvalue weighted by atomic mass is 35.5. The highest BCUT2D eigenvalue weighted by Gasteiger charge is 2.28. The van der Waals surface area contributed by atoms with Gasteiger partial charge in [-0.05, 0) is 39.0 Å². The van der Waals surface area contributed by atoms with Crippen molar-refractivity contribution in [2.24, 2.45) is 10.9 Å². The minimum absolute atomic E-state index is 0.0499. The van der Waals surface area contributed by atoms with Gasteiger partial charge in [0.15, 0.2) is 15.7 Å². The number of amidine groups is 1. The second kappa shape index (κ2) is 6.53. The minimum atomic E-state index is -3.29. The lowest BCUT2D eigenvalue weighted by atomic mass is 10.2. The Hall–Kier alpha value is -1.47. The summed E-state index contributed by atoms with van der Waals surface area (Å²) in [5.74, 6) is -0.0132. The van der Waals surface area contributed by atoms with Crippen molar-refractivity contribution in [2.75, 3.05) is 12.4 Å². The van der Waals surface area contributed by atoms with Gasteiger partial charge in [0.1, 0.15) is 12.4 Å². The van der Waals surface area contributed by atoms with Crippen LogP contribution in [-0.4, -0.2) is 36.6 Å². The lowest BCUT2D eigenvalue weighted by Gasteiger charge is -2.19. The summed E-state index contributed by atoms with van der Waals surface area (Å²) >= 11 is 5.86. The van der Waals surface area contributed by atoms with E-state index in [-0.39, 0.29) is 23.9 Å². The number of hydrogen-bond donors (Lipinski definition) is 2. The van der Waals surface area contributed by atoms with E-state index in [4.69, 9.17) is 27.3 Å². The molecule has 0 aliphatic heterocycles. The Morgan fingerprint density at radius 1 is 1.43 bits per heavy atom. The van der Waals surface area contributed by atoms with Gasteiger partial charge >= 0.3 is 0 Å². The van der Waals surface area contributed by atoms with Crippen LogP contribution in [0.1, 0.15) is 26.3 Å². The van der Waals surface area contributed by atoms with E-state index in [1.165, 1.54) is 12.1 Å². The summed E-state index contributed by atoms with van der Waals surface area (Å²) < 4.78 is 28.6. The van der Waals surface area contributed by atoms with Gasteiger partial charge in [0.05, 0.1) is 16.1 Å². The Labute approximate surface area is 129 Å². The number of ether oxygens (including phenoxy) is 1. The van der Waals surface area contributed by atoms with Crippen molar-refractivity contribution in [1.29, 1.82) is 0 Å². The van der Waals surface area contributed by atoms with E-state index in [1.54, 1.807) is 26.8 Å². The largest absolute Gasteiger partial charge is 0.492 e. The van der Waals surface area contributed by atoms with Crippen molar-refractivity contribution in [3.63, 3.8) is 0 Å². The van der Waals surface area contributed by atoms with Crippen molar-refractivity contribution < 1.29 is 18.4 Å². The van der Waals surface area contributed by atoms with Crippen LogP contribution in [0, 0.1) is 0 Å². The van der Waals surface area contributed by atoms with Gasteiger partial charge in [0.2, 0.25) is 0 Å². The second-order valence-corrected chi connectivity index (χ2v) is 8.70. The minimum Gasteiger partial charge on any atom is -0.492 e. The molecule has 0 aliphatic rings. The summed E-state index contributed by atoms with van der Waals surface area (Å²) in [6, 6.07) is 4.58. The Bertz CT molecular complexity index is 636. The normalized spacial score (nSPS) is 13.2. The van der Waals surface area contributed by atoms with Crippen LogP contribution in [-0.2, 0) is 9.84 Å². The lowest BCUT2D eigenvalue weighted by Crippen LogP contribution is -2.32. The third kappa shape index (κ3) is 4.50. The van der Waals surface area contributed by atoms with Crippen molar-refractivity contribution in [2.45, 2.75) is 25.5 Å². The number of nitrogens with two attached hydrogens (primary N) is 1. The molecule has 0 atom stereocenters. The molecule has 0 spiro atoms. The van der Waals surface area contributed by atoms with E-state index in [0.717, 1.165) is 0 Å². The summed E-state index contributed by atoms with van der Waals surface area (Å²) in [5, 5.41) is 12.0. The van der Waals surface area contributed by atoms with Crippen molar-refractivity contribution in [3.05, 3.63) is 28.8 Å². The molecule has 0 fully saturated rings. The van der Waals surface area contributed by atoms with Crippen LogP contribution in [0.3, 0.4) is 0 Å². The van der Waals surface area contributed by atoms with Crippen LogP contribution in [0.2, 0.25) is 5.02 Å². The zero-order valence-electron chi connectivity index (χ0n) is 12.1. The molecule has 6 nitrogen and oxygen atoms in total. The van der Waals surface area contributed by atoms with Gasteiger partial charge in [-0.15, -0.1) is 0 Å². The predicted molar refractivity (Wildman–Crippen MR) is 83.0 cm³/mol. The number of benzene rings is 1. The number of rotatable bonds is 5. The number of sulfone groups is 1. The van der Waals surface area contributed by atoms with Gasteiger partial charge in [-0.3, -0.25) is 0 Å². The maximum atomic E-state index is 12.0. The smallest absolute Gasteiger partial charge is 0.173 e. The lowest BCUT2D eigenvalue weighted by molar-refractivity contribution is 0.317. The number of hydrogen-bond acceptors (Lipinski definition) is 5. The van der Waals surface area contributed by atoms with E-state index in [2.05, 4.69) is 5.16 Å². The van der Waals surface area contributed by atoms with Crippen LogP contribution >= 0.6 is 11.6 Å². The van der Waals surface area contributed by atoms with Crippen LogP contribution in [0.15, 0.2) is 23.4 Å². The van der Waals surface area contributed by atoms with E-state index < -0.39 is 14.6 Å². The molecule has 1 aromatic rings. The van der Waals surface area contributed by atoms with Gasteiger partial charge in [0, 0.05) is 5.02 Å². The quantitative estimate of drug-likeness (QED) is 0.371. The number of nitrogens with zero attached hydrogens (tertiary/aromatic N) is 1. The molecule has 8 heteroatoms. The van der Waals surface area contributed by atoms with Crippen LogP contribution < -0.4 is 10.5 Å². The maximum Gasteiger partial charge on any atom is 0.173 e. The molecule has 0 saturated heterocycles. The first kappa shape index (κ1) is 17.6. The first-order chi connectivity index (χ1) is 9.58. The molecule has 0 amide bonds. The van der Waals surface area contributed by atoms with Crippen molar-refractivity contribution in [3.8, 4) is 5.75 Å². The zero-order valence-corrected chi connectivity index (χ0v) is 13.7. The Morgan fingerprint density at radius 3 is 2.57 bits per heavy atom. The van der Waals surface area contributed by atoms with Crippen LogP contribution in [0.25, 0.3) is 0 Å². The third-order valence-electron chi connectivity index (χ3n) is 2.87. The third-order valence-corrected chi connectivity index (χ3v) is 5.68. The summed E-state index contributed by atoms with van der Waals surface area (Å²) in [7, 11) is -3.29. The van der Waals surface area contributed by atoms with E-state index in [1.807, 2.05) is 0 Å². The molecule has 118 valence electrons. The average molecular weight is 335 g/mol. The van der Waals surface area contributed by atoms with Gasteiger partial charge in [-0.1, -0.05) is 16.8 Å². The predicted octanol–water partition coefficient (Wildman–Crippen LogP) is 2.03. The second-order valence-electron chi connectivity index (χ2n) is 5.41. The molecular weight excluding hydrogens is 316 g/mol. The molecule has 3 N–H and O–H groups in total. The zero-order chi connectivity index (χ0) is 16.3. The molecule has 21 heavy (non-hydrogen) atoms. The Morgan fingerprint density at radius 2 is 2.05 bits per heavy atom. The van der Waals surface area contributed by atoms with E-state index in [9.17, 15) is 8.42 Å². The maximum absolute atomic E-state index is 12.0. The van der Waals surface area contributed by atoms with E-state index >= 15 is 0 Å².